The second kappa shape index (κ2) is 5.31. The second-order valence-corrected chi connectivity index (χ2v) is 3.60. The van der Waals surface area contributed by atoms with Gasteiger partial charge in [-0.25, -0.2) is 4.39 Å². The molecule has 0 heterocycles. The molecule has 2 rings (SSSR count). The fourth-order valence-electron chi connectivity index (χ4n) is 1.41. The average Bonchev–Trinajstić information content (AvgIpc) is 2.34. The van der Waals surface area contributed by atoms with E-state index in [1.54, 1.807) is 24.3 Å². The lowest BCUT2D eigenvalue weighted by molar-refractivity contribution is -0.131. The molecule has 4 heteroatoms. The predicted octanol–water partition coefficient (Wildman–Crippen LogP) is 3.54. The average molecular weight is 246 g/mol. The van der Waals surface area contributed by atoms with Crippen molar-refractivity contribution < 1.29 is 18.7 Å². The number of rotatable bonds is 3. The van der Waals surface area contributed by atoms with Crippen molar-refractivity contribution in [1.82, 2.24) is 0 Å². The van der Waals surface area contributed by atoms with Crippen LogP contribution in [-0.2, 0) is 4.79 Å². The van der Waals surface area contributed by atoms with Crippen molar-refractivity contribution in [3.8, 4) is 17.2 Å². The number of benzene rings is 2. The van der Waals surface area contributed by atoms with E-state index in [-0.39, 0.29) is 11.5 Å². The van der Waals surface area contributed by atoms with Gasteiger partial charge >= 0.3 is 5.97 Å². The molecule has 0 aliphatic rings. The van der Waals surface area contributed by atoms with Crippen molar-refractivity contribution >= 4 is 5.97 Å². The molecule has 0 amide bonds. The number of carbonyl (C=O) groups excluding carboxylic acids is 1. The van der Waals surface area contributed by atoms with E-state index in [0.717, 1.165) is 0 Å². The molecule has 0 aliphatic heterocycles. The van der Waals surface area contributed by atoms with E-state index in [9.17, 15) is 9.18 Å². The molecule has 2 aromatic carbocycles. The van der Waals surface area contributed by atoms with Crippen molar-refractivity contribution in [2.45, 2.75) is 6.92 Å². The van der Waals surface area contributed by atoms with Gasteiger partial charge in [0.25, 0.3) is 0 Å². The van der Waals surface area contributed by atoms with Crippen molar-refractivity contribution in [2.24, 2.45) is 0 Å². The van der Waals surface area contributed by atoms with Crippen LogP contribution >= 0.6 is 0 Å². The lowest BCUT2D eigenvalue weighted by atomic mass is 10.3. The Hall–Kier alpha value is -2.36. The highest BCUT2D eigenvalue weighted by molar-refractivity contribution is 5.69. The molecule has 18 heavy (non-hydrogen) atoms. The molecule has 3 nitrogen and oxygen atoms in total. The molecule has 0 aromatic heterocycles. The molecular weight excluding hydrogens is 235 g/mol. The van der Waals surface area contributed by atoms with Gasteiger partial charge in [-0.05, 0) is 24.3 Å². The zero-order valence-electron chi connectivity index (χ0n) is 9.72. The third kappa shape index (κ3) is 3.07. The van der Waals surface area contributed by atoms with Crippen LogP contribution in [-0.4, -0.2) is 5.97 Å². The normalized spacial score (nSPS) is 9.89. The van der Waals surface area contributed by atoms with E-state index in [1.807, 2.05) is 6.07 Å². The minimum Gasteiger partial charge on any atom is -0.454 e. The minimum atomic E-state index is -0.519. The number of carbonyl (C=O) groups is 1. The van der Waals surface area contributed by atoms with E-state index in [1.165, 1.54) is 25.1 Å². The van der Waals surface area contributed by atoms with Crippen LogP contribution in [0.4, 0.5) is 4.39 Å². The standard InChI is InChI=1S/C14H11FO3/c1-10(16)17-12-7-8-13(15)14(9-12)18-11-5-3-2-4-6-11/h2-9H,1H3. The van der Waals surface area contributed by atoms with E-state index < -0.39 is 11.8 Å². The summed E-state index contributed by atoms with van der Waals surface area (Å²) >= 11 is 0. The molecule has 0 unspecified atom stereocenters. The summed E-state index contributed by atoms with van der Waals surface area (Å²) in [6, 6.07) is 12.7. The summed E-state index contributed by atoms with van der Waals surface area (Å²) in [7, 11) is 0. The van der Waals surface area contributed by atoms with Crippen LogP contribution in [0.3, 0.4) is 0 Å². The smallest absolute Gasteiger partial charge is 0.308 e. The van der Waals surface area contributed by atoms with Crippen LogP contribution in [0.5, 0.6) is 17.2 Å². The van der Waals surface area contributed by atoms with Crippen LogP contribution in [0.2, 0.25) is 0 Å². The first-order chi connectivity index (χ1) is 8.65. The highest BCUT2D eigenvalue weighted by Crippen LogP contribution is 2.28. The largest absolute Gasteiger partial charge is 0.454 e. The topological polar surface area (TPSA) is 35.5 Å². The Balaban J connectivity index is 2.24. The third-order valence-electron chi connectivity index (χ3n) is 2.14. The zero-order chi connectivity index (χ0) is 13.0. The molecular formula is C14H11FO3. The molecule has 0 bridgehead atoms. The summed E-state index contributed by atoms with van der Waals surface area (Å²) in [5.41, 5.74) is 0. The summed E-state index contributed by atoms with van der Waals surface area (Å²) in [5, 5.41) is 0. The van der Waals surface area contributed by atoms with Gasteiger partial charge in [0.15, 0.2) is 11.6 Å². The highest BCUT2D eigenvalue weighted by atomic mass is 19.1. The lowest BCUT2D eigenvalue weighted by Crippen LogP contribution is -2.01. The van der Waals surface area contributed by atoms with E-state index >= 15 is 0 Å². The van der Waals surface area contributed by atoms with Gasteiger partial charge < -0.3 is 9.47 Å². The van der Waals surface area contributed by atoms with Crippen LogP contribution < -0.4 is 9.47 Å². The molecule has 0 saturated heterocycles. The Bertz CT molecular complexity index is 552. The van der Waals surface area contributed by atoms with Crippen molar-refractivity contribution in [2.75, 3.05) is 0 Å². The van der Waals surface area contributed by atoms with Crippen molar-refractivity contribution in [3.05, 3.63) is 54.3 Å². The Morgan fingerprint density at radius 1 is 1.06 bits per heavy atom. The zero-order valence-corrected chi connectivity index (χ0v) is 9.72. The van der Waals surface area contributed by atoms with E-state index in [0.29, 0.717) is 5.75 Å². The number of hydrogen-bond acceptors (Lipinski definition) is 3. The fourth-order valence-corrected chi connectivity index (χ4v) is 1.41. The van der Waals surface area contributed by atoms with Gasteiger partial charge in [-0.15, -0.1) is 0 Å². The highest BCUT2D eigenvalue weighted by Gasteiger charge is 2.08. The van der Waals surface area contributed by atoms with Gasteiger partial charge in [0.2, 0.25) is 0 Å². The Morgan fingerprint density at radius 2 is 1.78 bits per heavy atom. The van der Waals surface area contributed by atoms with Crippen LogP contribution in [0.15, 0.2) is 48.5 Å². The van der Waals surface area contributed by atoms with Crippen LogP contribution in [0.25, 0.3) is 0 Å². The van der Waals surface area contributed by atoms with Gasteiger partial charge in [0.05, 0.1) is 0 Å². The Kier molecular flexibility index (Phi) is 3.57. The molecule has 0 atom stereocenters. The maximum Gasteiger partial charge on any atom is 0.308 e. The molecule has 0 N–H and O–H groups in total. The number of hydrogen-bond donors (Lipinski definition) is 0. The molecule has 0 spiro atoms. The molecule has 92 valence electrons. The summed E-state index contributed by atoms with van der Waals surface area (Å²) in [6.45, 7) is 1.28. The van der Waals surface area contributed by atoms with Gasteiger partial charge in [-0.2, -0.15) is 0 Å². The third-order valence-corrected chi connectivity index (χ3v) is 2.14. The summed E-state index contributed by atoms with van der Waals surface area (Å²) in [5.74, 6) is -0.215. The summed E-state index contributed by atoms with van der Waals surface area (Å²) in [6.07, 6.45) is 0. The van der Waals surface area contributed by atoms with E-state index in [2.05, 4.69) is 0 Å². The second-order valence-electron chi connectivity index (χ2n) is 3.60. The molecule has 0 aliphatic carbocycles. The van der Waals surface area contributed by atoms with Crippen LogP contribution in [0, 0.1) is 5.82 Å². The van der Waals surface area contributed by atoms with Gasteiger partial charge in [0, 0.05) is 13.0 Å². The number of esters is 1. The minimum absolute atomic E-state index is 0.0138. The molecule has 0 saturated carbocycles. The molecule has 0 radical (unpaired) electrons. The maximum absolute atomic E-state index is 13.5. The summed E-state index contributed by atoms with van der Waals surface area (Å²) < 4.78 is 23.8. The fraction of sp³-hybridized carbons (Fsp3) is 0.0714. The van der Waals surface area contributed by atoms with Gasteiger partial charge in [-0.1, -0.05) is 18.2 Å². The first-order valence-electron chi connectivity index (χ1n) is 5.36. The Labute approximate surface area is 104 Å². The molecule has 2 aromatic rings. The first kappa shape index (κ1) is 12.1. The Morgan fingerprint density at radius 3 is 2.44 bits per heavy atom. The van der Waals surface area contributed by atoms with Crippen molar-refractivity contribution in [3.63, 3.8) is 0 Å². The molecule has 0 fully saturated rings. The van der Waals surface area contributed by atoms with Crippen LogP contribution in [0.1, 0.15) is 6.92 Å². The lowest BCUT2D eigenvalue weighted by Gasteiger charge is -2.08. The maximum atomic E-state index is 13.5. The SMILES string of the molecule is CC(=O)Oc1ccc(F)c(Oc2ccccc2)c1. The first-order valence-corrected chi connectivity index (χ1v) is 5.36. The van der Waals surface area contributed by atoms with E-state index in [4.69, 9.17) is 9.47 Å². The van der Waals surface area contributed by atoms with Gasteiger partial charge in [0.1, 0.15) is 11.5 Å². The van der Waals surface area contributed by atoms with Crippen molar-refractivity contribution in [1.29, 1.82) is 0 Å². The summed E-state index contributed by atoms with van der Waals surface area (Å²) in [4.78, 5) is 10.8. The number of halogens is 1. The monoisotopic (exact) mass is 246 g/mol. The quantitative estimate of drug-likeness (QED) is 0.613. The number of ether oxygens (including phenoxy) is 2. The number of para-hydroxylation sites is 1. The predicted molar refractivity (Wildman–Crippen MR) is 64.2 cm³/mol. The van der Waals surface area contributed by atoms with Gasteiger partial charge in [-0.3, -0.25) is 4.79 Å².